The predicted octanol–water partition coefficient (Wildman–Crippen LogP) is 5.95. The summed E-state index contributed by atoms with van der Waals surface area (Å²) in [6.45, 7) is 0.385. The number of carboxylic acid groups (broad SMARTS) is 1. The van der Waals surface area contributed by atoms with E-state index in [2.05, 4.69) is 0 Å². The molecule has 192 valence electrons. The maximum atomic E-state index is 13.4. The number of rotatable bonds is 7. The molecule has 8 heteroatoms. The summed E-state index contributed by atoms with van der Waals surface area (Å²) in [5, 5.41) is 9.81. The van der Waals surface area contributed by atoms with Gasteiger partial charge in [-0.2, -0.15) is 0 Å². The van der Waals surface area contributed by atoms with E-state index in [4.69, 9.17) is 16.3 Å². The van der Waals surface area contributed by atoms with Gasteiger partial charge in [0.2, 0.25) is 0 Å². The van der Waals surface area contributed by atoms with Crippen LogP contribution in [0.3, 0.4) is 0 Å². The molecule has 2 aromatic rings. The molecule has 37 heavy (non-hydrogen) atoms. The first-order valence-corrected chi connectivity index (χ1v) is 12.9. The van der Waals surface area contributed by atoms with E-state index >= 15 is 0 Å². The lowest BCUT2D eigenvalue weighted by atomic mass is 9.70. The number of Topliss-reactive ketones (excluding diaryl/α,β-unsaturated/α-hetero) is 2. The molecule has 0 amide bonds. The molecular weight excluding hydrogens is 497 g/mol. The van der Waals surface area contributed by atoms with Crippen LogP contribution in [-0.2, 0) is 21.0 Å². The van der Waals surface area contributed by atoms with Crippen molar-refractivity contribution in [1.82, 2.24) is 4.90 Å². The summed E-state index contributed by atoms with van der Waals surface area (Å²) in [4.78, 5) is 40.2. The minimum absolute atomic E-state index is 0.0408. The van der Waals surface area contributed by atoms with Gasteiger partial charge in [-0.15, -0.1) is 0 Å². The van der Waals surface area contributed by atoms with E-state index in [0.717, 1.165) is 17.0 Å². The standard InChI is InChI=1S/C29H27ClFNO5/c30-18-9-12-25(37-16-17-7-10-19(31)11-8-17)20(15-18)27-28-21(3-1-5-23(28)33)32(14-13-26(35)36)22-4-2-6-24(34)29(22)27/h7-12,15,27H,1-6,13-14,16H2,(H,35,36). The normalized spacial score (nSPS) is 18.2. The molecule has 2 aliphatic carbocycles. The number of ether oxygens (including phenoxy) is 1. The number of carbonyl (C=O) groups excluding carboxylic acids is 2. The molecule has 5 rings (SSSR count). The second kappa shape index (κ2) is 10.5. The highest BCUT2D eigenvalue weighted by atomic mass is 35.5. The molecule has 3 aliphatic rings. The van der Waals surface area contributed by atoms with Crippen LogP contribution in [0, 0.1) is 5.82 Å². The number of nitrogens with zero attached hydrogens (tertiary/aromatic N) is 1. The average Bonchev–Trinajstić information content (AvgIpc) is 2.87. The SMILES string of the molecule is O=C(O)CCN1C2=C(C(=O)CCC2)C(c2cc(Cl)ccc2OCc2ccc(F)cc2)C2=C1CCCC2=O. The summed E-state index contributed by atoms with van der Waals surface area (Å²) >= 11 is 6.43. The number of carboxylic acids is 1. The van der Waals surface area contributed by atoms with E-state index in [9.17, 15) is 23.9 Å². The summed E-state index contributed by atoms with van der Waals surface area (Å²) < 4.78 is 19.5. The minimum Gasteiger partial charge on any atom is -0.489 e. The maximum Gasteiger partial charge on any atom is 0.305 e. The van der Waals surface area contributed by atoms with Crippen LogP contribution in [0.15, 0.2) is 65.0 Å². The summed E-state index contributed by atoms with van der Waals surface area (Å²) in [6, 6.07) is 11.2. The van der Waals surface area contributed by atoms with Crippen molar-refractivity contribution in [2.24, 2.45) is 0 Å². The zero-order valence-corrected chi connectivity index (χ0v) is 21.0. The number of hydrogen-bond donors (Lipinski definition) is 1. The van der Waals surface area contributed by atoms with Gasteiger partial charge in [0.05, 0.1) is 6.42 Å². The van der Waals surface area contributed by atoms with E-state index in [-0.39, 0.29) is 37.0 Å². The number of allylic oxidation sites excluding steroid dienone is 4. The fourth-order valence-electron chi connectivity index (χ4n) is 5.62. The lowest BCUT2D eigenvalue weighted by molar-refractivity contribution is -0.137. The van der Waals surface area contributed by atoms with Crippen LogP contribution in [0.5, 0.6) is 5.75 Å². The Bertz CT molecular complexity index is 1290. The zero-order chi connectivity index (χ0) is 26.1. The third-order valence-corrected chi connectivity index (χ3v) is 7.46. The van der Waals surface area contributed by atoms with E-state index in [1.165, 1.54) is 12.1 Å². The highest BCUT2D eigenvalue weighted by molar-refractivity contribution is 6.30. The third kappa shape index (κ3) is 5.05. The second-order valence-corrected chi connectivity index (χ2v) is 10.0. The molecular formula is C29H27ClFNO5. The van der Waals surface area contributed by atoms with Crippen molar-refractivity contribution in [2.75, 3.05) is 6.54 Å². The predicted molar refractivity (Wildman–Crippen MR) is 136 cm³/mol. The van der Waals surface area contributed by atoms with Gasteiger partial charge in [-0.25, -0.2) is 4.39 Å². The zero-order valence-electron chi connectivity index (χ0n) is 20.3. The monoisotopic (exact) mass is 523 g/mol. The van der Waals surface area contributed by atoms with E-state index in [1.54, 1.807) is 30.3 Å². The van der Waals surface area contributed by atoms with Crippen molar-refractivity contribution in [2.45, 2.75) is 57.5 Å². The highest BCUT2D eigenvalue weighted by Crippen LogP contribution is 2.51. The number of ketones is 2. The summed E-state index contributed by atoms with van der Waals surface area (Å²) in [6.07, 6.45) is 3.26. The molecule has 1 N–H and O–H groups in total. The summed E-state index contributed by atoms with van der Waals surface area (Å²) in [5.41, 5.74) is 4.10. The van der Waals surface area contributed by atoms with Crippen LogP contribution in [0.25, 0.3) is 0 Å². The van der Waals surface area contributed by atoms with E-state index < -0.39 is 11.9 Å². The Labute approximate surface area is 219 Å². The number of benzene rings is 2. The number of aliphatic carboxylic acids is 1. The molecule has 0 saturated heterocycles. The quantitative estimate of drug-likeness (QED) is 0.483. The van der Waals surface area contributed by atoms with Crippen molar-refractivity contribution in [3.05, 3.63) is 87.0 Å². The van der Waals surface area contributed by atoms with E-state index in [1.807, 2.05) is 4.90 Å². The molecule has 0 aromatic heterocycles. The fraction of sp³-hybridized carbons (Fsp3) is 0.345. The Morgan fingerprint density at radius 1 is 0.973 bits per heavy atom. The molecule has 0 atom stereocenters. The highest BCUT2D eigenvalue weighted by Gasteiger charge is 2.44. The van der Waals surface area contributed by atoms with Crippen molar-refractivity contribution in [1.29, 1.82) is 0 Å². The Hall–Kier alpha value is -3.45. The molecule has 0 bridgehead atoms. The van der Waals surface area contributed by atoms with Crippen molar-refractivity contribution < 1.29 is 28.6 Å². The first kappa shape index (κ1) is 25.2. The van der Waals surface area contributed by atoms with Gasteiger partial charge in [0.15, 0.2) is 11.6 Å². The third-order valence-electron chi connectivity index (χ3n) is 7.23. The summed E-state index contributed by atoms with van der Waals surface area (Å²) in [5.74, 6) is -1.48. The van der Waals surface area contributed by atoms with Crippen molar-refractivity contribution in [3.8, 4) is 5.75 Å². The topological polar surface area (TPSA) is 83.9 Å². The Kier molecular flexibility index (Phi) is 7.15. The van der Waals surface area contributed by atoms with Gasteiger partial charge < -0.3 is 14.7 Å². The van der Waals surface area contributed by atoms with Crippen LogP contribution in [0.1, 0.15) is 62.0 Å². The second-order valence-electron chi connectivity index (χ2n) is 9.60. The maximum absolute atomic E-state index is 13.4. The van der Waals surface area contributed by atoms with Gasteiger partial charge in [-0.1, -0.05) is 23.7 Å². The Morgan fingerprint density at radius 3 is 2.19 bits per heavy atom. The number of halogens is 2. The molecule has 6 nitrogen and oxygen atoms in total. The lowest BCUT2D eigenvalue weighted by Crippen LogP contribution is -2.40. The minimum atomic E-state index is -0.929. The van der Waals surface area contributed by atoms with Gasteiger partial charge in [-0.3, -0.25) is 14.4 Å². The van der Waals surface area contributed by atoms with Crippen LogP contribution in [-0.4, -0.2) is 34.1 Å². The van der Waals surface area contributed by atoms with Gasteiger partial charge in [-0.05, 0) is 61.6 Å². The van der Waals surface area contributed by atoms with Crippen LogP contribution in [0.2, 0.25) is 5.02 Å². The van der Waals surface area contributed by atoms with Crippen LogP contribution < -0.4 is 4.74 Å². The fourth-order valence-corrected chi connectivity index (χ4v) is 5.80. The molecule has 0 spiro atoms. The molecule has 0 radical (unpaired) electrons. The van der Waals surface area contributed by atoms with Gasteiger partial charge >= 0.3 is 5.97 Å². The van der Waals surface area contributed by atoms with Crippen LogP contribution >= 0.6 is 11.6 Å². The molecule has 0 saturated carbocycles. The molecule has 1 heterocycles. The van der Waals surface area contributed by atoms with Crippen LogP contribution in [0.4, 0.5) is 4.39 Å². The number of carbonyl (C=O) groups is 3. The van der Waals surface area contributed by atoms with E-state index in [0.29, 0.717) is 66.0 Å². The lowest BCUT2D eigenvalue weighted by Gasteiger charge is -2.44. The molecule has 2 aromatic carbocycles. The van der Waals surface area contributed by atoms with Crippen molar-refractivity contribution in [3.63, 3.8) is 0 Å². The first-order chi connectivity index (χ1) is 17.8. The first-order valence-electron chi connectivity index (χ1n) is 12.5. The Morgan fingerprint density at radius 2 is 1.59 bits per heavy atom. The average molecular weight is 524 g/mol. The molecule has 0 fully saturated rings. The summed E-state index contributed by atoms with van der Waals surface area (Å²) in [7, 11) is 0. The van der Waals surface area contributed by atoms with Gasteiger partial charge in [0.25, 0.3) is 0 Å². The molecule has 1 aliphatic heterocycles. The van der Waals surface area contributed by atoms with Gasteiger partial charge in [0, 0.05) is 58.4 Å². The Balaban J connectivity index is 1.63. The van der Waals surface area contributed by atoms with Gasteiger partial charge in [0.1, 0.15) is 18.2 Å². The number of hydrogen-bond acceptors (Lipinski definition) is 5. The molecule has 0 unspecified atom stereocenters. The largest absolute Gasteiger partial charge is 0.489 e. The van der Waals surface area contributed by atoms with Crippen molar-refractivity contribution >= 4 is 29.1 Å². The smallest absolute Gasteiger partial charge is 0.305 e.